The van der Waals surface area contributed by atoms with Crippen molar-refractivity contribution in [3.63, 3.8) is 0 Å². The Balaban J connectivity index is 2.86. The molecule has 0 atom stereocenters. The second kappa shape index (κ2) is 6.33. The quantitative estimate of drug-likeness (QED) is 0.825. The topological polar surface area (TPSA) is 72.9 Å². The van der Waals surface area contributed by atoms with Crippen molar-refractivity contribution < 1.29 is 27.9 Å². The summed E-state index contributed by atoms with van der Waals surface area (Å²) >= 11 is 0. The van der Waals surface area contributed by atoms with Gasteiger partial charge in [-0.05, 0) is 25.1 Å². The summed E-state index contributed by atoms with van der Waals surface area (Å²) in [7, 11) is 1.20. The number of hydrogen-bond acceptors (Lipinski definition) is 2. The molecule has 0 radical (unpaired) electrons. The van der Waals surface area contributed by atoms with Crippen LogP contribution in [-0.2, 0) is 6.18 Å². The van der Waals surface area contributed by atoms with E-state index in [1.165, 1.54) is 20.0 Å². The summed E-state index contributed by atoms with van der Waals surface area (Å²) in [6, 6.07) is 3.20. The molecule has 1 rings (SSSR count). The fourth-order valence-corrected chi connectivity index (χ4v) is 1.56. The van der Waals surface area contributed by atoms with Crippen LogP contribution < -0.4 is 5.32 Å². The molecule has 0 fully saturated rings. The number of benzene rings is 1. The summed E-state index contributed by atoms with van der Waals surface area (Å²) in [5.41, 5.74) is -0.989. The number of carbonyl (C=O) groups excluding carboxylic acids is 1. The zero-order chi connectivity index (χ0) is 16.2. The lowest BCUT2D eigenvalue weighted by Crippen LogP contribution is -2.48. The third-order valence-corrected chi connectivity index (χ3v) is 2.62. The van der Waals surface area contributed by atoms with E-state index >= 15 is 0 Å². The molecule has 0 aliphatic rings. The Morgan fingerprint density at radius 1 is 1.33 bits per heavy atom. The van der Waals surface area contributed by atoms with Crippen LogP contribution in [0.1, 0.15) is 12.5 Å². The molecular formula is C12H14F3N3O3. The van der Waals surface area contributed by atoms with Crippen LogP contribution in [0.2, 0.25) is 0 Å². The van der Waals surface area contributed by atoms with Crippen molar-refractivity contribution >= 4 is 17.8 Å². The second-order valence-electron chi connectivity index (χ2n) is 4.03. The average Bonchev–Trinajstić information content (AvgIpc) is 2.38. The highest BCUT2D eigenvalue weighted by Gasteiger charge is 2.30. The molecule has 2 N–H and O–H groups in total. The third-order valence-electron chi connectivity index (χ3n) is 2.62. The van der Waals surface area contributed by atoms with Crippen molar-refractivity contribution in [2.24, 2.45) is 0 Å². The highest BCUT2D eigenvalue weighted by atomic mass is 19.4. The normalized spacial score (nSPS) is 10.9. The maximum atomic E-state index is 12.5. The van der Waals surface area contributed by atoms with Gasteiger partial charge in [0, 0.05) is 19.3 Å². The van der Waals surface area contributed by atoms with Crippen molar-refractivity contribution in [1.82, 2.24) is 10.0 Å². The molecule has 3 amide bonds. The minimum Gasteiger partial charge on any atom is -0.464 e. The van der Waals surface area contributed by atoms with Crippen LogP contribution in [-0.4, -0.2) is 40.8 Å². The molecule has 0 saturated heterocycles. The fraction of sp³-hybridized carbons (Fsp3) is 0.333. The van der Waals surface area contributed by atoms with Crippen molar-refractivity contribution in [2.45, 2.75) is 13.1 Å². The van der Waals surface area contributed by atoms with Gasteiger partial charge in [0.2, 0.25) is 0 Å². The number of alkyl halides is 3. The van der Waals surface area contributed by atoms with Gasteiger partial charge < -0.3 is 10.4 Å². The van der Waals surface area contributed by atoms with E-state index in [-0.39, 0.29) is 12.2 Å². The van der Waals surface area contributed by atoms with Gasteiger partial charge in [0.15, 0.2) is 0 Å². The Morgan fingerprint density at radius 2 is 1.95 bits per heavy atom. The molecule has 1 aromatic rings. The van der Waals surface area contributed by atoms with E-state index in [0.29, 0.717) is 5.01 Å². The fourth-order valence-electron chi connectivity index (χ4n) is 1.56. The number of amides is 3. The predicted octanol–water partition coefficient (Wildman–Crippen LogP) is 3.08. The van der Waals surface area contributed by atoms with E-state index in [1.807, 2.05) is 0 Å². The zero-order valence-electron chi connectivity index (χ0n) is 11.3. The molecule has 6 nitrogen and oxygen atoms in total. The van der Waals surface area contributed by atoms with Gasteiger partial charge in [-0.1, -0.05) is 6.07 Å². The molecule has 1 aromatic carbocycles. The van der Waals surface area contributed by atoms with Gasteiger partial charge in [-0.2, -0.15) is 13.2 Å². The van der Waals surface area contributed by atoms with Crippen LogP contribution in [0.4, 0.5) is 28.4 Å². The molecule has 0 spiro atoms. The molecule has 9 heteroatoms. The standard InChI is InChI=1S/C12H14F3N3O3/c1-3-18(11(20)21)17(2)10(19)16-9-6-4-5-8(7-9)12(13,14)15/h4-7H,3H2,1-2H3,(H,16,19)(H,20,21). The molecule has 0 aromatic heterocycles. The van der Waals surface area contributed by atoms with Crippen molar-refractivity contribution in [3.8, 4) is 0 Å². The first-order valence-corrected chi connectivity index (χ1v) is 5.89. The minimum absolute atomic E-state index is 0.0157. The Labute approximate surface area is 118 Å². The van der Waals surface area contributed by atoms with E-state index in [0.717, 1.165) is 23.2 Å². The van der Waals surface area contributed by atoms with Crippen LogP contribution in [0.15, 0.2) is 24.3 Å². The molecule has 0 heterocycles. The zero-order valence-corrected chi connectivity index (χ0v) is 11.3. The third kappa shape index (κ3) is 4.26. The lowest BCUT2D eigenvalue weighted by molar-refractivity contribution is -0.137. The Kier molecular flexibility index (Phi) is 5.01. The number of anilines is 1. The van der Waals surface area contributed by atoms with Crippen LogP contribution in [0.3, 0.4) is 0 Å². The number of urea groups is 1. The maximum Gasteiger partial charge on any atom is 0.426 e. The first-order valence-electron chi connectivity index (χ1n) is 5.89. The first-order chi connectivity index (χ1) is 9.66. The number of rotatable bonds is 2. The Hall–Kier alpha value is -2.45. The van der Waals surface area contributed by atoms with Crippen molar-refractivity contribution in [3.05, 3.63) is 29.8 Å². The van der Waals surface area contributed by atoms with Gasteiger partial charge in [-0.25, -0.2) is 19.6 Å². The summed E-state index contributed by atoms with van der Waals surface area (Å²) in [6.07, 6.45) is -5.87. The van der Waals surface area contributed by atoms with Crippen LogP contribution in [0, 0.1) is 0 Å². The lowest BCUT2D eigenvalue weighted by Gasteiger charge is -2.28. The molecule has 0 aliphatic heterocycles. The number of halogens is 3. The second-order valence-corrected chi connectivity index (χ2v) is 4.03. The van der Waals surface area contributed by atoms with Crippen molar-refractivity contribution in [2.75, 3.05) is 18.9 Å². The van der Waals surface area contributed by atoms with E-state index in [4.69, 9.17) is 5.11 Å². The Morgan fingerprint density at radius 3 is 2.43 bits per heavy atom. The van der Waals surface area contributed by atoms with Crippen molar-refractivity contribution in [1.29, 1.82) is 0 Å². The molecule has 0 unspecified atom stereocenters. The smallest absolute Gasteiger partial charge is 0.426 e. The van der Waals surface area contributed by atoms with E-state index < -0.39 is 23.9 Å². The Bertz CT molecular complexity index is 534. The van der Waals surface area contributed by atoms with Crippen LogP contribution >= 0.6 is 0 Å². The predicted molar refractivity (Wildman–Crippen MR) is 68.6 cm³/mol. The molecule has 0 saturated carbocycles. The molecule has 116 valence electrons. The van der Waals surface area contributed by atoms with Gasteiger partial charge in [-0.3, -0.25) is 0 Å². The number of nitrogens with one attached hydrogen (secondary N) is 1. The van der Waals surface area contributed by atoms with Gasteiger partial charge >= 0.3 is 18.3 Å². The highest BCUT2D eigenvalue weighted by Crippen LogP contribution is 2.30. The van der Waals surface area contributed by atoms with Gasteiger partial charge in [0.05, 0.1) is 5.56 Å². The first kappa shape index (κ1) is 16.6. The monoisotopic (exact) mass is 305 g/mol. The summed E-state index contributed by atoms with van der Waals surface area (Å²) in [6.45, 7) is 1.53. The highest BCUT2D eigenvalue weighted by molar-refractivity contribution is 5.90. The SMILES string of the molecule is CCN(C(=O)O)N(C)C(=O)Nc1cccc(C(F)(F)F)c1. The van der Waals surface area contributed by atoms with Gasteiger partial charge in [-0.15, -0.1) is 0 Å². The van der Waals surface area contributed by atoms with Crippen LogP contribution in [0.5, 0.6) is 0 Å². The number of hydrazine groups is 1. The number of nitrogens with zero attached hydrogens (tertiary/aromatic N) is 2. The van der Waals surface area contributed by atoms with E-state index in [1.54, 1.807) is 0 Å². The van der Waals surface area contributed by atoms with Gasteiger partial charge in [0.25, 0.3) is 0 Å². The molecule has 0 aliphatic carbocycles. The molecule has 21 heavy (non-hydrogen) atoms. The number of carbonyl (C=O) groups is 2. The average molecular weight is 305 g/mol. The number of hydrogen-bond donors (Lipinski definition) is 2. The lowest BCUT2D eigenvalue weighted by atomic mass is 10.2. The molecular weight excluding hydrogens is 291 g/mol. The summed E-state index contributed by atoms with van der Waals surface area (Å²) < 4.78 is 37.6. The number of carboxylic acid groups (broad SMARTS) is 1. The van der Waals surface area contributed by atoms with E-state index in [9.17, 15) is 22.8 Å². The summed E-state index contributed by atoms with van der Waals surface area (Å²) in [4.78, 5) is 22.7. The minimum atomic E-state index is -4.52. The summed E-state index contributed by atoms with van der Waals surface area (Å²) in [5.74, 6) is 0. The van der Waals surface area contributed by atoms with Crippen LogP contribution in [0.25, 0.3) is 0 Å². The summed E-state index contributed by atoms with van der Waals surface area (Å²) in [5, 5.41) is 12.5. The van der Waals surface area contributed by atoms with Gasteiger partial charge in [0.1, 0.15) is 0 Å². The maximum absolute atomic E-state index is 12.5. The molecule has 0 bridgehead atoms. The largest absolute Gasteiger partial charge is 0.464 e. The van der Waals surface area contributed by atoms with E-state index in [2.05, 4.69) is 5.32 Å².